The minimum absolute atomic E-state index is 0.320. The maximum absolute atomic E-state index is 11.6. The molecule has 1 unspecified atom stereocenters. The number of hydrogen-bond acceptors (Lipinski definition) is 3. The molecule has 5 heteroatoms. The predicted octanol–water partition coefficient (Wildman–Crippen LogP) is 2.73. The molecule has 1 heterocycles. The molecule has 0 fully saturated rings. The second-order valence-electron chi connectivity index (χ2n) is 4.01. The van der Waals surface area contributed by atoms with E-state index in [1.807, 2.05) is 32.9 Å². The first-order valence-corrected chi connectivity index (χ1v) is 6.37. The molecular formula is C10H13BrN2OS. The van der Waals surface area contributed by atoms with Crippen molar-refractivity contribution < 1.29 is 4.55 Å². The lowest BCUT2D eigenvalue weighted by Crippen LogP contribution is -2.25. The Hall–Kier alpha value is -0.390. The number of rotatable bonds is 2. The van der Waals surface area contributed by atoms with Crippen molar-refractivity contribution in [2.24, 2.45) is 4.40 Å². The van der Waals surface area contributed by atoms with Gasteiger partial charge in [-0.25, -0.2) is 4.98 Å². The van der Waals surface area contributed by atoms with Gasteiger partial charge in [0, 0.05) is 11.8 Å². The van der Waals surface area contributed by atoms with Crippen molar-refractivity contribution in [3.8, 4) is 0 Å². The van der Waals surface area contributed by atoms with Crippen molar-refractivity contribution >= 4 is 33.5 Å². The SMILES string of the molecule is CC(C)(C)[S+]([O-])/N=C/c1ccc(Br)nc1. The first-order chi connectivity index (χ1) is 6.89. The van der Waals surface area contributed by atoms with Crippen LogP contribution < -0.4 is 0 Å². The predicted molar refractivity (Wildman–Crippen MR) is 67.4 cm³/mol. The first kappa shape index (κ1) is 12.7. The van der Waals surface area contributed by atoms with Crippen LogP contribution >= 0.6 is 15.9 Å². The fraction of sp³-hybridized carbons (Fsp3) is 0.400. The van der Waals surface area contributed by atoms with E-state index in [0.29, 0.717) is 0 Å². The Bertz CT molecular complexity index is 345. The van der Waals surface area contributed by atoms with Gasteiger partial charge in [-0.2, -0.15) is 0 Å². The zero-order valence-corrected chi connectivity index (χ0v) is 11.3. The van der Waals surface area contributed by atoms with E-state index in [1.54, 1.807) is 12.4 Å². The molecule has 0 N–H and O–H groups in total. The minimum atomic E-state index is -1.21. The van der Waals surface area contributed by atoms with Crippen molar-refractivity contribution in [1.29, 1.82) is 0 Å². The average molecular weight is 289 g/mol. The van der Waals surface area contributed by atoms with Crippen LogP contribution in [-0.2, 0) is 11.4 Å². The normalized spacial score (nSPS) is 14.5. The summed E-state index contributed by atoms with van der Waals surface area (Å²) in [5.74, 6) is 0. The quantitative estimate of drug-likeness (QED) is 0.477. The third-order valence-electron chi connectivity index (χ3n) is 1.57. The topological polar surface area (TPSA) is 48.3 Å². The van der Waals surface area contributed by atoms with Crippen LogP contribution in [0.15, 0.2) is 27.3 Å². The Kier molecular flexibility index (Phi) is 4.31. The number of aromatic nitrogens is 1. The summed E-state index contributed by atoms with van der Waals surface area (Å²) in [5, 5.41) is 0. The van der Waals surface area contributed by atoms with E-state index in [-0.39, 0.29) is 4.75 Å². The van der Waals surface area contributed by atoms with Crippen molar-refractivity contribution in [3.63, 3.8) is 0 Å². The van der Waals surface area contributed by atoms with Crippen molar-refractivity contribution in [1.82, 2.24) is 4.98 Å². The van der Waals surface area contributed by atoms with E-state index in [2.05, 4.69) is 25.3 Å². The maximum Gasteiger partial charge on any atom is 0.144 e. The molecule has 0 bridgehead atoms. The number of nitrogens with zero attached hydrogens (tertiary/aromatic N) is 2. The molecule has 0 spiro atoms. The molecule has 0 amide bonds. The van der Waals surface area contributed by atoms with E-state index in [1.165, 1.54) is 0 Å². The summed E-state index contributed by atoms with van der Waals surface area (Å²) in [6, 6.07) is 3.68. The van der Waals surface area contributed by atoms with E-state index < -0.39 is 11.4 Å². The highest BCUT2D eigenvalue weighted by atomic mass is 79.9. The van der Waals surface area contributed by atoms with Crippen LogP contribution in [0.2, 0.25) is 0 Å². The molecule has 0 aliphatic heterocycles. The van der Waals surface area contributed by atoms with Crippen LogP contribution in [0.3, 0.4) is 0 Å². The maximum atomic E-state index is 11.6. The van der Waals surface area contributed by atoms with E-state index in [9.17, 15) is 4.55 Å². The molecule has 15 heavy (non-hydrogen) atoms. The average Bonchev–Trinajstić information content (AvgIpc) is 2.15. The molecule has 0 saturated heterocycles. The Morgan fingerprint density at radius 3 is 2.60 bits per heavy atom. The summed E-state index contributed by atoms with van der Waals surface area (Å²) in [6.07, 6.45) is 3.26. The van der Waals surface area contributed by atoms with Gasteiger partial charge in [0.25, 0.3) is 0 Å². The summed E-state index contributed by atoms with van der Waals surface area (Å²) in [7, 11) is 0. The monoisotopic (exact) mass is 288 g/mol. The summed E-state index contributed by atoms with van der Waals surface area (Å²) < 4.78 is 16.0. The van der Waals surface area contributed by atoms with Gasteiger partial charge >= 0.3 is 0 Å². The standard InChI is InChI=1S/C10H13BrN2OS/c1-10(2,3)15(14)13-7-8-4-5-9(11)12-6-8/h4-7H,1-3H3/b13-7+. The zero-order valence-electron chi connectivity index (χ0n) is 8.90. The molecule has 0 radical (unpaired) electrons. The molecule has 0 aromatic carbocycles. The van der Waals surface area contributed by atoms with Crippen LogP contribution in [-0.4, -0.2) is 20.5 Å². The van der Waals surface area contributed by atoms with Crippen molar-refractivity contribution in [2.75, 3.05) is 0 Å². The molecule has 82 valence electrons. The van der Waals surface area contributed by atoms with Crippen LogP contribution in [0.1, 0.15) is 26.3 Å². The fourth-order valence-corrected chi connectivity index (χ4v) is 1.50. The molecule has 0 aliphatic carbocycles. The van der Waals surface area contributed by atoms with Gasteiger partial charge in [-0.3, -0.25) is 0 Å². The van der Waals surface area contributed by atoms with Gasteiger partial charge in [-0.05, 0) is 48.8 Å². The van der Waals surface area contributed by atoms with Crippen LogP contribution in [0.4, 0.5) is 0 Å². The lowest BCUT2D eigenvalue weighted by molar-refractivity contribution is 0.562. The molecule has 3 nitrogen and oxygen atoms in total. The Labute approximate surface area is 101 Å². The number of hydrogen-bond donors (Lipinski definition) is 0. The Balaban J connectivity index is 2.70. The molecular weight excluding hydrogens is 276 g/mol. The molecule has 1 rings (SSSR count). The number of pyridine rings is 1. The van der Waals surface area contributed by atoms with Gasteiger partial charge in [0.05, 0.1) is 6.21 Å². The smallest absolute Gasteiger partial charge is 0.144 e. The third kappa shape index (κ3) is 4.32. The summed E-state index contributed by atoms with van der Waals surface area (Å²) in [6.45, 7) is 5.67. The molecule has 0 aliphatic rings. The summed E-state index contributed by atoms with van der Waals surface area (Å²) in [5.41, 5.74) is 0.843. The van der Waals surface area contributed by atoms with Crippen LogP contribution in [0.5, 0.6) is 0 Å². The highest BCUT2D eigenvalue weighted by Crippen LogP contribution is 2.16. The van der Waals surface area contributed by atoms with Gasteiger partial charge in [0.1, 0.15) is 20.7 Å². The second-order valence-corrected chi connectivity index (χ2v) is 6.76. The van der Waals surface area contributed by atoms with Gasteiger partial charge < -0.3 is 4.55 Å². The van der Waals surface area contributed by atoms with Gasteiger partial charge in [-0.1, -0.05) is 4.40 Å². The Morgan fingerprint density at radius 2 is 2.13 bits per heavy atom. The van der Waals surface area contributed by atoms with Gasteiger partial charge in [0.15, 0.2) is 0 Å². The molecule has 0 saturated carbocycles. The van der Waals surface area contributed by atoms with Gasteiger partial charge in [-0.15, -0.1) is 0 Å². The fourth-order valence-electron chi connectivity index (χ4n) is 0.730. The zero-order chi connectivity index (χ0) is 11.5. The van der Waals surface area contributed by atoms with E-state index in [0.717, 1.165) is 10.2 Å². The second kappa shape index (κ2) is 5.09. The van der Waals surface area contributed by atoms with Crippen molar-refractivity contribution in [3.05, 3.63) is 28.5 Å². The highest BCUT2D eigenvalue weighted by Gasteiger charge is 2.25. The summed E-state index contributed by atoms with van der Waals surface area (Å²) in [4.78, 5) is 4.05. The third-order valence-corrected chi connectivity index (χ3v) is 3.39. The molecule has 1 aromatic rings. The largest absolute Gasteiger partial charge is 0.591 e. The van der Waals surface area contributed by atoms with Crippen molar-refractivity contribution in [2.45, 2.75) is 25.5 Å². The van der Waals surface area contributed by atoms with Gasteiger partial charge in [0.2, 0.25) is 0 Å². The van der Waals surface area contributed by atoms with Crippen LogP contribution in [0.25, 0.3) is 0 Å². The minimum Gasteiger partial charge on any atom is -0.591 e. The lowest BCUT2D eigenvalue weighted by atomic mass is 10.3. The molecule has 1 aromatic heterocycles. The highest BCUT2D eigenvalue weighted by molar-refractivity contribution is 9.10. The van der Waals surface area contributed by atoms with E-state index >= 15 is 0 Å². The lowest BCUT2D eigenvalue weighted by Gasteiger charge is -2.17. The first-order valence-electron chi connectivity index (χ1n) is 4.47. The molecule has 1 atom stereocenters. The Morgan fingerprint density at radius 1 is 1.47 bits per heavy atom. The van der Waals surface area contributed by atoms with Crippen LogP contribution in [0, 0.1) is 0 Å². The summed E-state index contributed by atoms with van der Waals surface area (Å²) >= 11 is 2.03. The number of halogens is 1. The van der Waals surface area contributed by atoms with E-state index in [4.69, 9.17) is 0 Å².